The fraction of sp³-hybridized carbons (Fsp3) is 0.150. The van der Waals surface area contributed by atoms with Gasteiger partial charge in [-0.2, -0.15) is 0 Å². The Bertz CT molecular complexity index is 984. The van der Waals surface area contributed by atoms with Crippen LogP contribution in [0.15, 0.2) is 59.6 Å². The lowest BCUT2D eigenvalue weighted by atomic mass is 10.1. The third kappa shape index (κ3) is 2.68. The third-order valence-electron chi connectivity index (χ3n) is 4.56. The summed E-state index contributed by atoms with van der Waals surface area (Å²) < 4.78 is 5.44. The first-order chi connectivity index (χ1) is 12.2. The molecule has 1 heterocycles. The van der Waals surface area contributed by atoms with Crippen LogP contribution in [-0.4, -0.2) is 19.6 Å². The second-order valence-electron chi connectivity index (χ2n) is 5.94. The van der Waals surface area contributed by atoms with Crippen LogP contribution in [0.3, 0.4) is 0 Å². The van der Waals surface area contributed by atoms with Gasteiger partial charge in [0, 0.05) is 28.0 Å². The van der Waals surface area contributed by atoms with Crippen LogP contribution in [0, 0.1) is 0 Å². The zero-order chi connectivity index (χ0) is 17.4. The summed E-state index contributed by atoms with van der Waals surface area (Å²) in [6.07, 6.45) is 0.870. The Balaban J connectivity index is 1.78. The fourth-order valence-corrected chi connectivity index (χ4v) is 3.61. The van der Waals surface area contributed by atoms with Gasteiger partial charge in [0.1, 0.15) is 5.75 Å². The lowest BCUT2D eigenvalue weighted by Gasteiger charge is -2.18. The van der Waals surface area contributed by atoms with E-state index in [4.69, 9.17) is 27.1 Å². The molecule has 0 aromatic heterocycles. The van der Waals surface area contributed by atoms with E-state index >= 15 is 0 Å². The van der Waals surface area contributed by atoms with Crippen LogP contribution < -0.4 is 15.4 Å². The highest BCUT2D eigenvalue weighted by molar-refractivity contribution is 6.32. The average Bonchev–Trinajstić information content (AvgIpc) is 3.07. The first-order valence-electron chi connectivity index (χ1n) is 8.14. The molecule has 0 bridgehead atoms. The molecule has 0 radical (unpaired) electrons. The van der Waals surface area contributed by atoms with Crippen LogP contribution in [0.5, 0.6) is 5.75 Å². The number of rotatable bonds is 2. The standard InChI is InChI=1S/C20H18ClN3O/c1-25-19-10-9-17(13-5-2-3-6-14(13)19)23-20(22)24-12-11-15-16(21)7-4-8-18(15)24/h2-10H,11-12H2,1H3,(H2,22,23). The number of ether oxygens (including phenoxy) is 1. The minimum Gasteiger partial charge on any atom is -0.496 e. The van der Waals surface area contributed by atoms with Crippen LogP contribution >= 0.6 is 11.6 Å². The molecular weight excluding hydrogens is 334 g/mol. The molecule has 2 N–H and O–H groups in total. The maximum atomic E-state index is 6.34. The molecule has 126 valence electrons. The molecule has 0 atom stereocenters. The van der Waals surface area contributed by atoms with E-state index in [0.717, 1.165) is 51.4 Å². The molecule has 3 aromatic rings. The van der Waals surface area contributed by atoms with Gasteiger partial charge in [-0.1, -0.05) is 41.9 Å². The molecule has 1 aliphatic rings. The van der Waals surface area contributed by atoms with Crippen molar-refractivity contribution in [2.75, 3.05) is 18.6 Å². The minimum atomic E-state index is 0.469. The van der Waals surface area contributed by atoms with Crippen LogP contribution in [0.25, 0.3) is 10.8 Å². The van der Waals surface area contributed by atoms with E-state index in [-0.39, 0.29) is 0 Å². The summed E-state index contributed by atoms with van der Waals surface area (Å²) >= 11 is 6.29. The molecule has 0 fully saturated rings. The average molecular weight is 352 g/mol. The van der Waals surface area contributed by atoms with Crippen molar-refractivity contribution >= 4 is 39.7 Å². The van der Waals surface area contributed by atoms with Crippen molar-refractivity contribution in [2.24, 2.45) is 10.7 Å². The number of fused-ring (bicyclic) bond motifs is 2. The van der Waals surface area contributed by atoms with Gasteiger partial charge >= 0.3 is 0 Å². The van der Waals surface area contributed by atoms with E-state index in [1.807, 2.05) is 59.5 Å². The largest absolute Gasteiger partial charge is 0.496 e. The van der Waals surface area contributed by atoms with E-state index in [1.54, 1.807) is 7.11 Å². The number of guanidine groups is 1. The third-order valence-corrected chi connectivity index (χ3v) is 4.92. The Hall–Kier alpha value is -2.72. The number of halogens is 1. The maximum Gasteiger partial charge on any atom is 0.201 e. The van der Waals surface area contributed by atoms with Gasteiger partial charge < -0.3 is 15.4 Å². The maximum absolute atomic E-state index is 6.34. The Labute approximate surface area is 151 Å². The number of methoxy groups -OCH3 is 1. The van der Waals surface area contributed by atoms with Crippen molar-refractivity contribution in [3.8, 4) is 5.75 Å². The first kappa shape index (κ1) is 15.8. The molecule has 0 saturated carbocycles. The number of hydrogen-bond donors (Lipinski definition) is 1. The number of hydrogen-bond acceptors (Lipinski definition) is 2. The number of nitrogens with zero attached hydrogens (tertiary/aromatic N) is 2. The van der Waals surface area contributed by atoms with Crippen molar-refractivity contribution in [2.45, 2.75) is 6.42 Å². The molecule has 5 heteroatoms. The van der Waals surface area contributed by atoms with Crippen molar-refractivity contribution in [1.29, 1.82) is 0 Å². The van der Waals surface area contributed by atoms with Gasteiger partial charge in [0.2, 0.25) is 5.96 Å². The molecule has 3 aromatic carbocycles. The van der Waals surface area contributed by atoms with Crippen LogP contribution in [0.2, 0.25) is 5.02 Å². The van der Waals surface area contributed by atoms with Crippen molar-refractivity contribution in [3.63, 3.8) is 0 Å². The van der Waals surface area contributed by atoms with Crippen molar-refractivity contribution in [1.82, 2.24) is 0 Å². The van der Waals surface area contributed by atoms with E-state index in [2.05, 4.69) is 0 Å². The van der Waals surface area contributed by atoms with Gasteiger partial charge in [0.15, 0.2) is 0 Å². The molecule has 0 unspecified atom stereocenters. The summed E-state index contributed by atoms with van der Waals surface area (Å²) in [4.78, 5) is 6.71. The molecule has 0 amide bonds. The van der Waals surface area contributed by atoms with Gasteiger partial charge in [-0.15, -0.1) is 0 Å². The predicted octanol–water partition coefficient (Wildman–Crippen LogP) is 4.51. The summed E-state index contributed by atoms with van der Waals surface area (Å²) in [6.45, 7) is 0.780. The summed E-state index contributed by atoms with van der Waals surface area (Å²) in [5, 5.41) is 2.81. The topological polar surface area (TPSA) is 50.9 Å². The zero-order valence-electron chi connectivity index (χ0n) is 13.9. The summed E-state index contributed by atoms with van der Waals surface area (Å²) in [5.74, 6) is 1.29. The molecule has 0 spiro atoms. The highest BCUT2D eigenvalue weighted by Crippen LogP contribution is 2.35. The summed E-state index contributed by atoms with van der Waals surface area (Å²) in [7, 11) is 1.67. The van der Waals surface area contributed by atoms with Gasteiger partial charge in [-0.25, -0.2) is 4.99 Å². The van der Waals surface area contributed by atoms with Gasteiger partial charge in [0.25, 0.3) is 0 Å². The van der Waals surface area contributed by atoms with Crippen LogP contribution in [0.1, 0.15) is 5.56 Å². The van der Waals surface area contributed by atoms with Gasteiger partial charge in [0.05, 0.1) is 12.8 Å². The summed E-state index contributed by atoms with van der Waals surface area (Å²) in [6, 6.07) is 17.8. The lowest BCUT2D eigenvalue weighted by molar-refractivity contribution is 0.420. The Kier molecular flexibility index (Phi) is 3.98. The second-order valence-corrected chi connectivity index (χ2v) is 6.35. The quantitative estimate of drug-likeness (QED) is 0.546. The van der Waals surface area contributed by atoms with Crippen molar-refractivity contribution < 1.29 is 4.74 Å². The SMILES string of the molecule is COc1ccc(N=C(N)N2CCc3c(Cl)cccc32)c2ccccc12. The Morgan fingerprint density at radius 1 is 1.08 bits per heavy atom. The number of nitrogens with two attached hydrogens (primary N) is 1. The molecular formula is C20H18ClN3O. The van der Waals surface area contributed by atoms with Gasteiger partial charge in [-0.05, 0) is 36.2 Å². The predicted molar refractivity (Wildman–Crippen MR) is 104 cm³/mol. The fourth-order valence-electron chi connectivity index (χ4n) is 3.34. The lowest BCUT2D eigenvalue weighted by Crippen LogP contribution is -2.35. The smallest absolute Gasteiger partial charge is 0.201 e. The molecule has 1 aliphatic heterocycles. The normalized spacial score (nSPS) is 14.0. The summed E-state index contributed by atoms with van der Waals surface area (Å²) in [5.41, 5.74) is 9.32. The highest BCUT2D eigenvalue weighted by atomic mass is 35.5. The minimum absolute atomic E-state index is 0.469. The van der Waals surface area contributed by atoms with E-state index < -0.39 is 0 Å². The number of anilines is 1. The Morgan fingerprint density at radius 2 is 1.88 bits per heavy atom. The van der Waals surface area contributed by atoms with E-state index in [9.17, 15) is 0 Å². The molecule has 25 heavy (non-hydrogen) atoms. The molecule has 0 saturated heterocycles. The van der Waals surface area contributed by atoms with Crippen LogP contribution in [-0.2, 0) is 6.42 Å². The van der Waals surface area contributed by atoms with E-state index in [1.165, 1.54) is 0 Å². The van der Waals surface area contributed by atoms with Gasteiger partial charge in [-0.3, -0.25) is 0 Å². The number of benzene rings is 3. The molecule has 4 nitrogen and oxygen atoms in total. The Morgan fingerprint density at radius 3 is 2.68 bits per heavy atom. The first-order valence-corrected chi connectivity index (χ1v) is 8.51. The molecule has 4 rings (SSSR count). The molecule has 0 aliphatic carbocycles. The second kappa shape index (κ2) is 6.30. The van der Waals surface area contributed by atoms with Crippen molar-refractivity contribution in [3.05, 3.63) is 65.2 Å². The van der Waals surface area contributed by atoms with E-state index in [0.29, 0.717) is 5.96 Å². The van der Waals surface area contributed by atoms with Crippen LogP contribution in [0.4, 0.5) is 11.4 Å². The monoisotopic (exact) mass is 351 g/mol. The highest BCUT2D eigenvalue weighted by Gasteiger charge is 2.23. The number of aliphatic imine (C=N–C) groups is 1. The zero-order valence-corrected chi connectivity index (χ0v) is 14.6.